The van der Waals surface area contributed by atoms with E-state index in [-0.39, 0.29) is 24.7 Å². The van der Waals surface area contributed by atoms with Gasteiger partial charge in [0, 0.05) is 18.3 Å². The lowest BCUT2D eigenvalue weighted by molar-refractivity contribution is 0.0951. The minimum atomic E-state index is -0.246. The molecular formula is C21H23ClN4O3. The van der Waals surface area contributed by atoms with Gasteiger partial charge in [-0.15, -0.1) is 0 Å². The first-order valence-electron chi connectivity index (χ1n) is 9.33. The van der Waals surface area contributed by atoms with Crippen LogP contribution >= 0.6 is 11.6 Å². The Kier molecular flexibility index (Phi) is 6.95. The highest BCUT2D eigenvalue weighted by atomic mass is 35.5. The van der Waals surface area contributed by atoms with E-state index in [4.69, 9.17) is 16.3 Å². The van der Waals surface area contributed by atoms with Crippen molar-refractivity contribution < 1.29 is 14.3 Å². The highest BCUT2D eigenvalue weighted by molar-refractivity contribution is 6.33. The Hall–Kier alpha value is -2.77. The number of ketones is 1. The van der Waals surface area contributed by atoms with Crippen LogP contribution in [0.4, 0.5) is 5.69 Å². The summed E-state index contributed by atoms with van der Waals surface area (Å²) >= 11 is 6.18. The normalized spacial score (nSPS) is 13.1. The van der Waals surface area contributed by atoms with Crippen LogP contribution in [0.25, 0.3) is 0 Å². The summed E-state index contributed by atoms with van der Waals surface area (Å²) in [6.07, 6.45) is 4.18. The summed E-state index contributed by atoms with van der Waals surface area (Å²) in [5.41, 5.74) is 2.09. The zero-order valence-electron chi connectivity index (χ0n) is 16.4. The lowest BCUT2D eigenvalue weighted by Gasteiger charge is -2.15. The fourth-order valence-electron chi connectivity index (χ4n) is 2.91. The predicted molar refractivity (Wildman–Crippen MR) is 113 cm³/mol. The molecule has 0 bridgehead atoms. The number of carbonyl (C=O) groups is 2. The number of hydrogen-bond donors (Lipinski definition) is 1. The van der Waals surface area contributed by atoms with Gasteiger partial charge in [-0.25, -0.2) is 0 Å². The van der Waals surface area contributed by atoms with E-state index in [9.17, 15) is 9.59 Å². The molecule has 0 radical (unpaired) electrons. The summed E-state index contributed by atoms with van der Waals surface area (Å²) in [6, 6.07) is 6.58. The van der Waals surface area contributed by atoms with Gasteiger partial charge < -0.3 is 15.0 Å². The van der Waals surface area contributed by atoms with Crippen LogP contribution in [0.3, 0.4) is 0 Å². The Labute approximate surface area is 174 Å². The average molecular weight is 415 g/mol. The second-order valence-electron chi connectivity index (χ2n) is 7.01. The number of nitrogens with one attached hydrogen (secondary N) is 1. The average Bonchev–Trinajstić information content (AvgIpc) is 2.70. The van der Waals surface area contributed by atoms with Gasteiger partial charge in [0.15, 0.2) is 5.78 Å². The maximum atomic E-state index is 12.4. The highest BCUT2D eigenvalue weighted by Gasteiger charge is 2.20. The van der Waals surface area contributed by atoms with Crippen molar-refractivity contribution in [2.24, 2.45) is 4.99 Å². The van der Waals surface area contributed by atoms with Crippen molar-refractivity contribution in [1.29, 1.82) is 0 Å². The molecule has 29 heavy (non-hydrogen) atoms. The second-order valence-corrected chi connectivity index (χ2v) is 7.42. The molecule has 0 unspecified atom stereocenters. The number of halogens is 1. The van der Waals surface area contributed by atoms with Gasteiger partial charge >= 0.3 is 0 Å². The molecule has 1 amide bonds. The van der Waals surface area contributed by atoms with Gasteiger partial charge in [0.1, 0.15) is 12.4 Å². The standard InChI is InChI=1S/C21H23ClN4O3/c1-26(2)9-3-7-24-21(28)17-11-15(4-5-18(17)22)29-13-14-10-20(27)16-6-8-23-12-19(16)25-14/h4-6,8,11-12H,3,7,9-10,13H2,1-2H3,(H,24,28). The number of nitrogens with zero attached hydrogens (tertiary/aromatic N) is 3. The van der Waals surface area contributed by atoms with Gasteiger partial charge in [-0.1, -0.05) is 11.6 Å². The van der Waals surface area contributed by atoms with E-state index >= 15 is 0 Å². The Morgan fingerprint density at radius 1 is 1.31 bits per heavy atom. The third-order valence-electron chi connectivity index (χ3n) is 4.40. The van der Waals surface area contributed by atoms with E-state index < -0.39 is 0 Å². The van der Waals surface area contributed by atoms with Crippen LogP contribution in [0.2, 0.25) is 5.02 Å². The summed E-state index contributed by atoms with van der Waals surface area (Å²) in [7, 11) is 3.97. The Balaban J connectivity index is 1.62. The van der Waals surface area contributed by atoms with Gasteiger partial charge in [-0.05, 0) is 51.3 Å². The molecule has 0 aliphatic carbocycles. The molecule has 0 spiro atoms. The van der Waals surface area contributed by atoms with Gasteiger partial charge in [-0.3, -0.25) is 19.6 Å². The summed E-state index contributed by atoms with van der Waals surface area (Å²) in [6.45, 7) is 1.59. The number of fused-ring (bicyclic) bond motifs is 1. The maximum Gasteiger partial charge on any atom is 0.252 e. The lowest BCUT2D eigenvalue weighted by Crippen LogP contribution is -2.27. The smallest absolute Gasteiger partial charge is 0.252 e. The number of aliphatic imine (C=N–C) groups is 1. The fraction of sp³-hybridized carbons (Fsp3) is 0.333. The Morgan fingerprint density at radius 3 is 2.93 bits per heavy atom. The van der Waals surface area contributed by atoms with E-state index in [1.165, 1.54) is 0 Å². The lowest BCUT2D eigenvalue weighted by atomic mass is 10.0. The number of carbonyl (C=O) groups excluding carboxylic acids is 2. The van der Waals surface area contributed by atoms with Crippen LogP contribution in [0.15, 0.2) is 41.7 Å². The van der Waals surface area contributed by atoms with E-state index in [2.05, 4.69) is 20.2 Å². The molecule has 0 fully saturated rings. The monoisotopic (exact) mass is 414 g/mol. The number of hydrogen-bond acceptors (Lipinski definition) is 6. The number of Topliss-reactive ketones (excluding diaryl/α,β-unsaturated/α-hetero) is 1. The summed E-state index contributed by atoms with van der Waals surface area (Å²) in [5, 5.41) is 3.22. The molecule has 1 aliphatic rings. The van der Waals surface area contributed by atoms with E-state index in [1.54, 1.807) is 36.7 Å². The molecule has 2 aromatic rings. The first-order valence-corrected chi connectivity index (χ1v) is 9.71. The first kappa shape index (κ1) is 21.0. The SMILES string of the molecule is CN(C)CCCNC(=O)c1cc(OCC2=Nc3cnccc3C(=O)C2)ccc1Cl. The van der Waals surface area contributed by atoms with Crippen LogP contribution in [0.5, 0.6) is 5.75 Å². The van der Waals surface area contributed by atoms with Crippen molar-refractivity contribution in [3.63, 3.8) is 0 Å². The third-order valence-corrected chi connectivity index (χ3v) is 4.73. The predicted octanol–water partition coefficient (Wildman–Crippen LogP) is 3.15. The number of aromatic nitrogens is 1. The second kappa shape index (κ2) is 9.62. The number of ether oxygens (including phenoxy) is 1. The minimum Gasteiger partial charge on any atom is -0.488 e. The molecule has 3 rings (SSSR count). The third kappa shape index (κ3) is 5.62. The van der Waals surface area contributed by atoms with Gasteiger partial charge in [-0.2, -0.15) is 0 Å². The molecule has 0 saturated carbocycles. The van der Waals surface area contributed by atoms with E-state index in [1.807, 2.05) is 14.1 Å². The quantitative estimate of drug-likeness (QED) is 0.671. The molecule has 0 atom stereocenters. The highest BCUT2D eigenvalue weighted by Crippen LogP contribution is 2.26. The van der Waals surface area contributed by atoms with Crippen LogP contribution in [-0.2, 0) is 0 Å². The van der Waals surface area contributed by atoms with Crippen molar-refractivity contribution in [3.05, 3.63) is 52.8 Å². The largest absolute Gasteiger partial charge is 0.488 e. The zero-order valence-corrected chi connectivity index (χ0v) is 17.2. The van der Waals surface area contributed by atoms with Crippen molar-refractivity contribution >= 4 is 34.7 Å². The number of rotatable bonds is 8. The number of benzene rings is 1. The van der Waals surface area contributed by atoms with E-state index in [0.717, 1.165) is 13.0 Å². The molecule has 1 aromatic heterocycles. The molecule has 2 heterocycles. The first-order chi connectivity index (χ1) is 13.9. The molecule has 152 valence electrons. The molecule has 7 nitrogen and oxygen atoms in total. The van der Waals surface area contributed by atoms with Crippen molar-refractivity contribution in [2.75, 3.05) is 33.8 Å². The van der Waals surface area contributed by atoms with Crippen molar-refractivity contribution in [3.8, 4) is 5.75 Å². The molecule has 1 N–H and O–H groups in total. The Bertz CT molecular complexity index is 943. The van der Waals surface area contributed by atoms with E-state index in [0.29, 0.717) is 39.8 Å². The minimum absolute atomic E-state index is 0.00935. The van der Waals surface area contributed by atoms with Gasteiger partial charge in [0.25, 0.3) is 5.91 Å². The molecule has 0 saturated heterocycles. The van der Waals surface area contributed by atoms with Gasteiger partial charge in [0.2, 0.25) is 0 Å². The molecule has 1 aromatic carbocycles. The van der Waals surface area contributed by atoms with Crippen LogP contribution < -0.4 is 10.1 Å². The molecule has 8 heteroatoms. The topological polar surface area (TPSA) is 83.9 Å². The Morgan fingerprint density at radius 2 is 2.14 bits per heavy atom. The van der Waals surface area contributed by atoms with Gasteiger partial charge in [0.05, 0.1) is 34.6 Å². The summed E-state index contributed by atoms with van der Waals surface area (Å²) in [4.78, 5) is 35.1. The van der Waals surface area contributed by atoms with Crippen molar-refractivity contribution in [2.45, 2.75) is 12.8 Å². The number of pyridine rings is 1. The van der Waals surface area contributed by atoms with Crippen LogP contribution in [0, 0.1) is 0 Å². The van der Waals surface area contributed by atoms with Crippen molar-refractivity contribution in [1.82, 2.24) is 15.2 Å². The molecular weight excluding hydrogens is 392 g/mol. The zero-order chi connectivity index (χ0) is 20.8. The summed E-state index contributed by atoms with van der Waals surface area (Å²) in [5.74, 6) is 0.231. The maximum absolute atomic E-state index is 12.4. The van der Waals surface area contributed by atoms with Crippen LogP contribution in [0.1, 0.15) is 33.6 Å². The van der Waals surface area contributed by atoms with Crippen LogP contribution in [-0.4, -0.2) is 61.1 Å². The number of amides is 1. The summed E-state index contributed by atoms with van der Waals surface area (Å²) < 4.78 is 5.76. The molecule has 1 aliphatic heterocycles. The fourth-order valence-corrected chi connectivity index (χ4v) is 3.12.